The summed E-state index contributed by atoms with van der Waals surface area (Å²) in [6.45, 7) is 1.37. The van der Waals surface area contributed by atoms with Gasteiger partial charge in [-0.1, -0.05) is 18.2 Å². The van der Waals surface area contributed by atoms with Gasteiger partial charge < -0.3 is 14.8 Å². The molecule has 0 aliphatic carbocycles. The third-order valence-corrected chi connectivity index (χ3v) is 5.85. The Morgan fingerprint density at radius 3 is 2.48 bits per heavy atom. The van der Waals surface area contributed by atoms with Crippen molar-refractivity contribution in [2.45, 2.75) is 25.2 Å². The van der Waals surface area contributed by atoms with Crippen molar-refractivity contribution in [1.29, 1.82) is 0 Å². The number of hydrogen-bond acceptors (Lipinski definition) is 4. The first kappa shape index (κ1) is 19.4. The van der Waals surface area contributed by atoms with Crippen LogP contribution in [-0.4, -0.2) is 29.5 Å². The Labute approximate surface area is 186 Å². The largest absolute Gasteiger partial charge is 0.352 e. The molecule has 5 rings (SSSR count). The third-order valence-electron chi connectivity index (χ3n) is 5.50. The summed E-state index contributed by atoms with van der Waals surface area (Å²) in [7, 11) is 0. The van der Waals surface area contributed by atoms with E-state index in [4.69, 9.17) is 12.2 Å². The second-order valence-electron chi connectivity index (χ2n) is 7.50. The fraction of sp³-hybridized carbons (Fsp3) is 0.167. The van der Waals surface area contributed by atoms with Gasteiger partial charge >= 0.3 is 0 Å². The van der Waals surface area contributed by atoms with Gasteiger partial charge in [0.05, 0.1) is 30.0 Å². The summed E-state index contributed by atoms with van der Waals surface area (Å²) in [5.74, 6) is 0. The van der Waals surface area contributed by atoms with Gasteiger partial charge in [-0.3, -0.25) is 15.0 Å². The summed E-state index contributed by atoms with van der Waals surface area (Å²) in [5.41, 5.74) is 4.26. The van der Waals surface area contributed by atoms with E-state index in [0.717, 1.165) is 23.5 Å². The van der Waals surface area contributed by atoms with E-state index in [1.165, 1.54) is 5.69 Å². The molecule has 0 spiro atoms. The highest BCUT2D eigenvalue weighted by molar-refractivity contribution is 7.80. The Balaban J connectivity index is 1.54. The minimum Gasteiger partial charge on any atom is -0.352 e. The van der Waals surface area contributed by atoms with Gasteiger partial charge in [0.1, 0.15) is 0 Å². The maximum atomic E-state index is 5.78. The summed E-state index contributed by atoms with van der Waals surface area (Å²) in [4.78, 5) is 15.6. The first-order valence-corrected chi connectivity index (χ1v) is 10.6. The smallest absolute Gasteiger partial charge is 0.170 e. The predicted molar refractivity (Wildman–Crippen MR) is 123 cm³/mol. The molecule has 0 unspecified atom stereocenters. The Morgan fingerprint density at radius 1 is 0.871 bits per heavy atom. The van der Waals surface area contributed by atoms with E-state index in [1.807, 2.05) is 61.1 Å². The Kier molecular flexibility index (Phi) is 5.41. The average molecular weight is 427 g/mol. The van der Waals surface area contributed by atoms with Crippen molar-refractivity contribution in [2.24, 2.45) is 0 Å². The zero-order valence-electron chi connectivity index (χ0n) is 16.9. The second kappa shape index (κ2) is 8.65. The zero-order valence-corrected chi connectivity index (χ0v) is 17.7. The molecule has 6 nitrogen and oxygen atoms in total. The molecular formula is C24H22N6S. The van der Waals surface area contributed by atoms with Crippen molar-refractivity contribution < 1.29 is 0 Å². The molecule has 4 aromatic rings. The second-order valence-corrected chi connectivity index (χ2v) is 7.88. The molecule has 1 saturated heterocycles. The molecule has 154 valence electrons. The molecule has 0 aromatic carbocycles. The summed E-state index contributed by atoms with van der Waals surface area (Å²) >= 11 is 5.78. The van der Waals surface area contributed by atoms with E-state index in [2.05, 4.69) is 54.1 Å². The summed E-state index contributed by atoms with van der Waals surface area (Å²) in [6.07, 6.45) is 9.46. The fourth-order valence-corrected chi connectivity index (χ4v) is 4.40. The van der Waals surface area contributed by atoms with Gasteiger partial charge in [0.2, 0.25) is 0 Å². The summed E-state index contributed by atoms with van der Waals surface area (Å²) in [5, 5.41) is 4.22. The molecule has 2 atom stereocenters. The van der Waals surface area contributed by atoms with Crippen LogP contribution in [0.15, 0.2) is 91.6 Å². The van der Waals surface area contributed by atoms with Crippen LogP contribution >= 0.6 is 12.2 Å². The van der Waals surface area contributed by atoms with Gasteiger partial charge in [-0.25, -0.2) is 0 Å². The Morgan fingerprint density at radius 2 is 1.74 bits per heavy atom. The molecule has 1 aliphatic heterocycles. The van der Waals surface area contributed by atoms with Crippen LogP contribution in [0.2, 0.25) is 0 Å². The predicted octanol–water partition coefficient (Wildman–Crippen LogP) is 3.89. The Hall–Kier alpha value is -3.58. The SMILES string of the molecule is S=C1N[C@H](c2ccccn2)[C@@H](c2cccn2Cc2cccnc2)N1Cc1ccccn1. The topological polar surface area (TPSA) is 58.9 Å². The molecular weight excluding hydrogens is 404 g/mol. The molecule has 0 saturated carbocycles. The maximum Gasteiger partial charge on any atom is 0.170 e. The van der Waals surface area contributed by atoms with Crippen LogP contribution in [-0.2, 0) is 13.1 Å². The van der Waals surface area contributed by atoms with Gasteiger partial charge in [0, 0.05) is 43.2 Å². The molecule has 5 heterocycles. The van der Waals surface area contributed by atoms with Crippen molar-refractivity contribution in [2.75, 3.05) is 0 Å². The van der Waals surface area contributed by atoms with E-state index in [1.54, 1.807) is 6.20 Å². The van der Waals surface area contributed by atoms with Crippen molar-refractivity contribution in [3.05, 3.63) is 114 Å². The first-order chi connectivity index (χ1) is 15.3. The molecule has 1 aliphatic rings. The van der Waals surface area contributed by atoms with E-state index in [9.17, 15) is 0 Å². The van der Waals surface area contributed by atoms with Gasteiger partial charge in [-0.2, -0.15) is 0 Å². The summed E-state index contributed by atoms with van der Waals surface area (Å²) < 4.78 is 2.26. The van der Waals surface area contributed by atoms with Gasteiger partial charge in [0.15, 0.2) is 5.11 Å². The lowest BCUT2D eigenvalue weighted by molar-refractivity contribution is 0.295. The lowest BCUT2D eigenvalue weighted by atomic mass is 10.0. The normalized spacial score (nSPS) is 18.2. The monoisotopic (exact) mass is 426 g/mol. The van der Waals surface area contributed by atoms with Crippen molar-refractivity contribution >= 4 is 17.3 Å². The quantitative estimate of drug-likeness (QED) is 0.472. The molecule has 31 heavy (non-hydrogen) atoms. The van der Waals surface area contributed by atoms with Crippen LogP contribution in [0.25, 0.3) is 0 Å². The highest BCUT2D eigenvalue weighted by Crippen LogP contribution is 2.39. The van der Waals surface area contributed by atoms with E-state index in [0.29, 0.717) is 11.7 Å². The molecule has 0 radical (unpaired) electrons. The number of aromatic nitrogens is 4. The highest BCUT2D eigenvalue weighted by atomic mass is 32.1. The molecule has 1 fully saturated rings. The molecule has 0 amide bonds. The van der Waals surface area contributed by atoms with Crippen molar-refractivity contribution in [1.82, 2.24) is 29.7 Å². The number of nitrogens with one attached hydrogen (secondary N) is 1. The van der Waals surface area contributed by atoms with Gasteiger partial charge in [0.25, 0.3) is 0 Å². The van der Waals surface area contributed by atoms with Gasteiger partial charge in [-0.15, -0.1) is 0 Å². The number of thiocarbonyl (C=S) groups is 1. The lowest BCUT2D eigenvalue weighted by Gasteiger charge is -2.28. The van der Waals surface area contributed by atoms with Crippen molar-refractivity contribution in [3.63, 3.8) is 0 Å². The van der Waals surface area contributed by atoms with E-state index >= 15 is 0 Å². The van der Waals surface area contributed by atoms with Crippen LogP contribution in [0.1, 0.15) is 34.7 Å². The number of nitrogens with zero attached hydrogens (tertiary/aromatic N) is 5. The number of rotatable bonds is 6. The fourth-order valence-electron chi connectivity index (χ4n) is 4.09. The Bertz CT molecular complexity index is 1150. The first-order valence-electron chi connectivity index (χ1n) is 10.2. The standard InChI is InChI=1S/C24H22N6S/c31-24-28-22(20-9-2-4-13-27-20)23(30(24)17-19-8-1-3-12-26-19)21-10-6-14-29(21)16-18-7-5-11-25-15-18/h1-15,22-23H,16-17H2,(H,28,31)/t22-,23-/m1/s1. The third kappa shape index (κ3) is 4.04. The summed E-state index contributed by atoms with van der Waals surface area (Å²) in [6, 6.07) is 20.2. The van der Waals surface area contributed by atoms with Crippen molar-refractivity contribution in [3.8, 4) is 0 Å². The van der Waals surface area contributed by atoms with Crippen LogP contribution < -0.4 is 5.32 Å². The number of pyridine rings is 3. The van der Waals surface area contributed by atoms with E-state index in [-0.39, 0.29) is 12.1 Å². The highest BCUT2D eigenvalue weighted by Gasteiger charge is 2.41. The molecule has 0 bridgehead atoms. The minimum atomic E-state index is -0.0556. The van der Waals surface area contributed by atoms with Crippen LogP contribution in [0.5, 0.6) is 0 Å². The lowest BCUT2D eigenvalue weighted by Crippen LogP contribution is -2.30. The molecule has 7 heteroatoms. The van der Waals surface area contributed by atoms with Crippen LogP contribution in [0.4, 0.5) is 0 Å². The molecule has 1 N–H and O–H groups in total. The molecule has 4 aromatic heterocycles. The maximum absolute atomic E-state index is 5.78. The van der Waals surface area contributed by atoms with Crippen LogP contribution in [0, 0.1) is 0 Å². The minimum absolute atomic E-state index is 0.0175. The average Bonchev–Trinajstić information content (AvgIpc) is 3.40. The zero-order chi connectivity index (χ0) is 21.0. The number of hydrogen-bond donors (Lipinski definition) is 1. The van der Waals surface area contributed by atoms with E-state index < -0.39 is 0 Å². The van der Waals surface area contributed by atoms with Gasteiger partial charge in [-0.05, 0) is 60.2 Å². The van der Waals surface area contributed by atoms with Crippen LogP contribution in [0.3, 0.4) is 0 Å².